The normalized spacial score (nSPS) is 23.6. The molecule has 0 spiro atoms. The van der Waals surface area contributed by atoms with Gasteiger partial charge >= 0.3 is 0 Å². The van der Waals surface area contributed by atoms with Crippen molar-refractivity contribution in [2.24, 2.45) is 5.92 Å². The zero-order valence-electron chi connectivity index (χ0n) is 15.6. The highest BCUT2D eigenvalue weighted by atomic mass is 19.2. The van der Waals surface area contributed by atoms with Gasteiger partial charge in [0.1, 0.15) is 12.7 Å². The van der Waals surface area contributed by atoms with Crippen molar-refractivity contribution in [2.75, 3.05) is 5.32 Å². The topological polar surface area (TPSA) is 105 Å². The van der Waals surface area contributed by atoms with E-state index in [0.29, 0.717) is 0 Å². The quantitative estimate of drug-likeness (QED) is 0.737. The predicted octanol–water partition coefficient (Wildman–Crippen LogP) is 2.49. The molecule has 0 saturated carbocycles. The van der Waals surface area contributed by atoms with Crippen LogP contribution < -0.4 is 5.32 Å². The predicted molar refractivity (Wildman–Crippen MR) is 95.5 cm³/mol. The lowest BCUT2D eigenvalue weighted by molar-refractivity contribution is -0.131. The maximum absolute atomic E-state index is 13.9. The number of aliphatic hydroxyl groups is 1. The number of rotatable bonds is 4. The fourth-order valence-corrected chi connectivity index (χ4v) is 3.39. The van der Waals surface area contributed by atoms with Gasteiger partial charge in [-0.25, -0.2) is 14.4 Å². The van der Waals surface area contributed by atoms with Gasteiger partial charge in [0.05, 0.1) is 23.7 Å². The molecule has 2 heterocycles. The van der Waals surface area contributed by atoms with Crippen LogP contribution in [0.25, 0.3) is 0 Å². The first-order valence-corrected chi connectivity index (χ1v) is 8.73. The lowest BCUT2D eigenvalue weighted by Crippen LogP contribution is -2.33. The highest BCUT2D eigenvalue weighted by Gasteiger charge is 2.51. The van der Waals surface area contributed by atoms with Gasteiger partial charge in [0.2, 0.25) is 5.82 Å². The second-order valence-corrected chi connectivity index (χ2v) is 7.29. The molecule has 1 saturated heterocycles. The van der Waals surface area contributed by atoms with Gasteiger partial charge in [-0.05, 0) is 25.8 Å². The van der Waals surface area contributed by atoms with Gasteiger partial charge in [-0.2, -0.15) is 4.39 Å². The third-order valence-corrected chi connectivity index (χ3v) is 5.22. The summed E-state index contributed by atoms with van der Waals surface area (Å²) in [6.45, 7) is 5.06. The molecule has 7 nitrogen and oxygen atoms in total. The number of phenols is 1. The Labute approximate surface area is 160 Å². The van der Waals surface area contributed by atoms with E-state index in [0.717, 1.165) is 6.07 Å². The molecule has 3 N–H and O–H groups in total. The average Bonchev–Trinajstić information content (AvgIpc) is 2.91. The van der Waals surface area contributed by atoms with Crippen molar-refractivity contribution in [3.8, 4) is 5.75 Å². The van der Waals surface area contributed by atoms with E-state index in [2.05, 4.69) is 15.3 Å². The van der Waals surface area contributed by atoms with Crippen molar-refractivity contribution in [3.05, 3.63) is 47.5 Å². The Bertz CT molecular complexity index is 889. The van der Waals surface area contributed by atoms with E-state index in [1.54, 1.807) is 13.8 Å². The Hall–Kier alpha value is -2.65. The third-order valence-electron chi connectivity index (χ3n) is 5.22. The Morgan fingerprint density at radius 2 is 1.93 bits per heavy atom. The molecule has 0 bridgehead atoms. The molecule has 150 valence electrons. The minimum atomic E-state index is -1.36. The highest BCUT2D eigenvalue weighted by molar-refractivity contribution is 5.95. The molecule has 9 heteroatoms. The number of carbonyl (C=O) groups excluding carboxylic acids is 1. The fraction of sp³-hybridized carbons (Fsp3) is 0.421. The minimum Gasteiger partial charge on any atom is -0.505 e. The van der Waals surface area contributed by atoms with Crippen LogP contribution in [-0.2, 0) is 16.1 Å². The summed E-state index contributed by atoms with van der Waals surface area (Å²) in [5.74, 6) is -4.68. The van der Waals surface area contributed by atoms with E-state index in [-0.39, 0.29) is 29.6 Å². The summed E-state index contributed by atoms with van der Waals surface area (Å²) in [5.41, 5.74) is -0.360. The third kappa shape index (κ3) is 3.55. The Morgan fingerprint density at radius 3 is 2.54 bits per heavy atom. The van der Waals surface area contributed by atoms with E-state index >= 15 is 0 Å². The molecule has 1 aromatic heterocycles. The number of hydrogen-bond acceptors (Lipinski definition) is 6. The van der Waals surface area contributed by atoms with Crippen molar-refractivity contribution in [3.63, 3.8) is 0 Å². The summed E-state index contributed by atoms with van der Waals surface area (Å²) in [6.07, 6.45) is 1.62. The summed E-state index contributed by atoms with van der Waals surface area (Å²) in [6, 6.07) is 2.18. The van der Waals surface area contributed by atoms with Crippen LogP contribution in [0.3, 0.4) is 0 Å². The van der Waals surface area contributed by atoms with Crippen LogP contribution in [0.15, 0.2) is 24.5 Å². The van der Waals surface area contributed by atoms with Gasteiger partial charge in [0, 0.05) is 11.5 Å². The first-order chi connectivity index (χ1) is 13.2. The number of nitrogens with zero attached hydrogens (tertiary/aromatic N) is 2. The standard InChI is InChI=1S/C19H21F2N3O4/c1-9-14(11-4-5-12(20)15(21)16(11)26)17(28-19(9,2)3)18(27)24-10-6-22-13(8-25)23-7-10/h4-7,9,14,17,25-26H,8H2,1-3H3,(H,24,27)/t9-,14-,17+/m0/s1. The molecule has 1 aromatic carbocycles. The van der Waals surface area contributed by atoms with Crippen molar-refractivity contribution >= 4 is 11.6 Å². The van der Waals surface area contributed by atoms with E-state index in [1.165, 1.54) is 18.5 Å². The number of carbonyl (C=O) groups is 1. The molecule has 1 fully saturated rings. The van der Waals surface area contributed by atoms with E-state index < -0.39 is 40.9 Å². The number of amides is 1. The number of aliphatic hydroxyl groups excluding tert-OH is 1. The maximum atomic E-state index is 13.9. The van der Waals surface area contributed by atoms with Crippen molar-refractivity contribution in [1.82, 2.24) is 9.97 Å². The monoisotopic (exact) mass is 393 g/mol. The summed E-state index contributed by atoms with van der Waals surface area (Å²) in [7, 11) is 0. The fourth-order valence-electron chi connectivity index (χ4n) is 3.39. The molecule has 28 heavy (non-hydrogen) atoms. The van der Waals surface area contributed by atoms with E-state index in [4.69, 9.17) is 9.84 Å². The maximum Gasteiger partial charge on any atom is 0.254 e. The second kappa shape index (κ2) is 7.40. The van der Waals surface area contributed by atoms with Crippen LogP contribution in [0.4, 0.5) is 14.5 Å². The average molecular weight is 393 g/mol. The summed E-state index contributed by atoms with van der Waals surface area (Å²) < 4.78 is 33.2. The molecular formula is C19H21F2N3O4. The number of nitrogens with one attached hydrogen (secondary N) is 1. The first kappa shape index (κ1) is 20.1. The van der Waals surface area contributed by atoms with Crippen molar-refractivity contribution in [1.29, 1.82) is 0 Å². The van der Waals surface area contributed by atoms with Gasteiger partial charge in [-0.3, -0.25) is 4.79 Å². The van der Waals surface area contributed by atoms with Crippen LogP contribution >= 0.6 is 0 Å². The SMILES string of the molecule is C[C@H]1[C@@H](c2ccc(F)c(F)c2O)[C@H](C(=O)Nc2cnc(CO)nc2)OC1(C)C. The molecule has 1 aliphatic heterocycles. The molecule has 3 atom stereocenters. The van der Waals surface area contributed by atoms with Gasteiger partial charge in [-0.1, -0.05) is 13.0 Å². The van der Waals surface area contributed by atoms with Crippen LogP contribution in [-0.4, -0.2) is 37.8 Å². The van der Waals surface area contributed by atoms with Crippen LogP contribution in [0.2, 0.25) is 0 Å². The zero-order valence-corrected chi connectivity index (χ0v) is 15.6. The highest BCUT2D eigenvalue weighted by Crippen LogP contribution is 2.49. The van der Waals surface area contributed by atoms with Gasteiger partial charge in [0.25, 0.3) is 5.91 Å². The van der Waals surface area contributed by atoms with E-state index in [1.807, 2.05) is 6.92 Å². The number of anilines is 1. The zero-order chi connectivity index (χ0) is 20.6. The lowest BCUT2D eigenvalue weighted by atomic mass is 9.78. The van der Waals surface area contributed by atoms with Crippen LogP contribution in [0.5, 0.6) is 5.75 Å². The number of benzene rings is 1. The second-order valence-electron chi connectivity index (χ2n) is 7.29. The summed E-state index contributed by atoms with van der Waals surface area (Å²) in [4.78, 5) is 20.6. The molecule has 0 aliphatic carbocycles. The number of ether oxygens (including phenoxy) is 1. The van der Waals surface area contributed by atoms with Crippen LogP contribution in [0.1, 0.15) is 38.1 Å². The summed E-state index contributed by atoms with van der Waals surface area (Å²) in [5, 5.41) is 21.7. The van der Waals surface area contributed by atoms with Crippen molar-refractivity contribution < 1.29 is 28.5 Å². The molecule has 0 radical (unpaired) electrons. The van der Waals surface area contributed by atoms with Crippen molar-refractivity contribution in [2.45, 2.75) is 45.0 Å². The number of aromatic nitrogens is 2. The number of aromatic hydroxyl groups is 1. The van der Waals surface area contributed by atoms with E-state index in [9.17, 15) is 18.7 Å². The Balaban J connectivity index is 1.93. The number of hydrogen-bond donors (Lipinski definition) is 3. The smallest absolute Gasteiger partial charge is 0.254 e. The van der Waals surface area contributed by atoms with Gasteiger partial charge in [0.15, 0.2) is 17.4 Å². The molecular weight excluding hydrogens is 372 g/mol. The Kier molecular flexibility index (Phi) is 5.31. The molecule has 1 amide bonds. The number of halogens is 2. The lowest BCUT2D eigenvalue weighted by Gasteiger charge is -2.25. The number of phenolic OH excluding ortho intramolecular Hbond substituents is 1. The van der Waals surface area contributed by atoms with Gasteiger partial charge in [-0.15, -0.1) is 0 Å². The van der Waals surface area contributed by atoms with Crippen LogP contribution in [0, 0.1) is 17.6 Å². The first-order valence-electron chi connectivity index (χ1n) is 8.73. The minimum absolute atomic E-state index is 0.101. The molecule has 2 aromatic rings. The largest absolute Gasteiger partial charge is 0.505 e. The molecule has 3 rings (SSSR count). The molecule has 1 aliphatic rings. The van der Waals surface area contributed by atoms with Gasteiger partial charge < -0.3 is 20.3 Å². The Morgan fingerprint density at radius 1 is 1.29 bits per heavy atom. The molecule has 0 unspecified atom stereocenters. The summed E-state index contributed by atoms with van der Waals surface area (Å²) >= 11 is 0.